The SMILES string of the molecule is C/C=C/Cn1c(=O)c2c(nc3n2CCN3c2cc(C)ccc2C)n(C)c1=O. The van der Waals surface area contributed by atoms with Crippen LogP contribution in [0.1, 0.15) is 18.1 Å². The minimum atomic E-state index is -0.347. The van der Waals surface area contributed by atoms with E-state index in [0.29, 0.717) is 17.7 Å². The molecule has 1 aromatic carbocycles. The van der Waals surface area contributed by atoms with Gasteiger partial charge in [-0.15, -0.1) is 0 Å². The second-order valence-electron chi connectivity index (χ2n) is 7.00. The zero-order valence-corrected chi connectivity index (χ0v) is 16.1. The molecule has 2 aromatic heterocycles. The van der Waals surface area contributed by atoms with Gasteiger partial charge in [0.15, 0.2) is 11.2 Å². The first-order chi connectivity index (χ1) is 12.9. The van der Waals surface area contributed by atoms with Crippen LogP contribution >= 0.6 is 0 Å². The molecule has 0 aliphatic carbocycles. The average molecular weight is 365 g/mol. The third-order valence-corrected chi connectivity index (χ3v) is 5.18. The van der Waals surface area contributed by atoms with Gasteiger partial charge in [0, 0.05) is 32.4 Å². The molecule has 4 rings (SSSR count). The number of imidazole rings is 1. The van der Waals surface area contributed by atoms with E-state index in [4.69, 9.17) is 0 Å². The molecule has 7 heteroatoms. The largest absolute Gasteiger partial charge is 0.332 e. The van der Waals surface area contributed by atoms with Crippen molar-refractivity contribution in [2.45, 2.75) is 33.9 Å². The zero-order chi connectivity index (χ0) is 19.3. The number of fused-ring (bicyclic) bond motifs is 3. The lowest BCUT2D eigenvalue weighted by Gasteiger charge is -2.19. The van der Waals surface area contributed by atoms with E-state index in [1.165, 1.54) is 14.7 Å². The van der Waals surface area contributed by atoms with Crippen molar-refractivity contribution in [3.8, 4) is 0 Å². The van der Waals surface area contributed by atoms with Crippen LogP contribution in [0.25, 0.3) is 11.2 Å². The van der Waals surface area contributed by atoms with Gasteiger partial charge in [0.25, 0.3) is 5.56 Å². The summed E-state index contributed by atoms with van der Waals surface area (Å²) in [5.41, 5.74) is 3.71. The van der Waals surface area contributed by atoms with Gasteiger partial charge in [-0.05, 0) is 38.0 Å². The minimum absolute atomic E-state index is 0.263. The topological polar surface area (TPSA) is 65.1 Å². The lowest BCUT2D eigenvalue weighted by molar-refractivity contribution is 0.661. The highest BCUT2D eigenvalue weighted by Crippen LogP contribution is 2.33. The van der Waals surface area contributed by atoms with Gasteiger partial charge in [0.2, 0.25) is 5.95 Å². The second kappa shape index (κ2) is 6.26. The number of aromatic nitrogens is 4. The molecule has 3 heterocycles. The molecule has 0 saturated heterocycles. The maximum atomic E-state index is 13.0. The summed E-state index contributed by atoms with van der Waals surface area (Å²) < 4.78 is 4.66. The fourth-order valence-corrected chi connectivity index (χ4v) is 3.69. The van der Waals surface area contributed by atoms with E-state index in [9.17, 15) is 9.59 Å². The maximum absolute atomic E-state index is 13.0. The van der Waals surface area contributed by atoms with Crippen LogP contribution in [0.5, 0.6) is 0 Å². The predicted octanol–water partition coefficient (Wildman–Crippen LogP) is 2.24. The standard InChI is InChI=1S/C20H23N5O2/c1-5-6-9-25-18(26)16-17(22(4)20(25)27)21-19-23(10-11-24(16)19)15-12-13(2)7-8-14(15)3/h5-8,12H,9-11H2,1-4H3/b6-5+. The molecule has 0 unspecified atom stereocenters. The number of hydrogen-bond donors (Lipinski definition) is 0. The molecule has 0 spiro atoms. The Kier molecular flexibility index (Phi) is 4.02. The lowest BCUT2D eigenvalue weighted by atomic mass is 10.1. The molecule has 0 atom stereocenters. The van der Waals surface area contributed by atoms with Crippen molar-refractivity contribution in [1.29, 1.82) is 0 Å². The Morgan fingerprint density at radius 3 is 2.70 bits per heavy atom. The molecule has 0 radical (unpaired) electrons. The van der Waals surface area contributed by atoms with Gasteiger partial charge in [-0.3, -0.25) is 13.9 Å². The smallest absolute Gasteiger partial charge is 0.310 e. The van der Waals surface area contributed by atoms with Crippen LogP contribution in [0.3, 0.4) is 0 Å². The number of rotatable bonds is 3. The molecular weight excluding hydrogens is 342 g/mol. The van der Waals surface area contributed by atoms with Gasteiger partial charge in [-0.2, -0.15) is 4.98 Å². The Morgan fingerprint density at radius 2 is 1.96 bits per heavy atom. The number of aryl methyl sites for hydroxylation is 3. The molecule has 3 aromatic rings. The predicted molar refractivity (Wildman–Crippen MR) is 107 cm³/mol. The van der Waals surface area contributed by atoms with E-state index in [0.717, 1.165) is 23.7 Å². The molecule has 0 bridgehead atoms. The van der Waals surface area contributed by atoms with Gasteiger partial charge < -0.3 is 9.47 Å². The van der Waals surface area contributed by atoms with Crippen LogP contribution in [-0.2, 0) is 20.1 Å². The van der Waals surface area contributed by atoms with Crippen LogP contribution in [0.4, 0.5) is 11.6 Å². The fourth-order valence-electron chi connectivity index (χ4n) is 3.69. The molecule has 27 heavy (non-hydrogen) atoms. The van der Waals surface area contributed by atoms with E-state index in [2.05, 4.69) is 41.9 Å². The molecule has 0 fully saturated rings. The van der Waals surface area contributed by atoms with E-state index in [-0.39, 0.29) is 17.8 Å². The Morgan fingerprint density at radius 1 is 1.19 bits per heavy atom. The third-order valence-electron chi connectivity index (χ3n) is 5.18. The third kappa shape index (κ3) is 2.53. The van der Waals surface area contributed by atoms with Gasteiger partial charge in [-0.25, -0.2) is 4.79 Å². The first-order valence-electron chi connectivity index (χ1n) is 9.10. The zero-order valence-electron chi connectivity index (χ0n) is 16.1. The van der Waals surface area contributed by atoms with Crippen molar-refractivity contribution in [3.05, 3.63) is 62.3 Å². The number of benzene rings is 1. The van der Waals surface area contributed by atoms with Crippen molar-refractivity contribution in [2.24, 2.45) is 7.05 Å². The van der Waals surface area contributed by atoms with Crippen LogP contribution in [0, 0.1) is 13.8 Å². The Balaban J connectivity index is 1.97. The summed E-state index contributed by atoms with van der Waals surface area (Å²) in [6, 6.07) is 6.31. The van der Waals surface area contributed by atoms with Gasteiger partial charge in [0.05, 0.1) is 0 Å². The quantitative estimate of drug-likeness (QED) is 0.668. The number of anilines is 2. The van der Waals surface area contributed by atoms with Crippen molar-refractivity contribution < 1.29 is 0 Å². The normalized spacial score (nSPS) is 13.9. The Hall–Kier alpha value is -3.09. The van der Waals surface area contributed by atoms with Gasteiger partial charge in [0.1, 0.15) is 0 Å². The minimum Gasteiger partial charge on any atom is -0.310 e. The molecule has 0 N–H and O–H groups in total. The maximum Gasteiger partial charge on any atom is 0.332 e. The van der Waals surface area contributed by atoms with Crippen LogP contribution in [-0.4, -0.2) is 25.2 Å². The van der Waals surface area contributed by atoms with E-state index >= 15 is 0 Å². The molecule has 1 aliphatic heterocycles. The molecular formula is C20H23N5O2. The van der Waals surface area contributed by atoms with E-state index in [1.54, 1.807) is 13.1 Å². The summed E-state index contributed by atoms with van der Waals surface area (Å²) >= 11 is 0. The average Bonchev–Trinajstić information content (AvgIpc) is 3.21. The van der Waals surface area contributed by atoms with Crippen LogP contribution in [0.2, 0.25) is 0 Å². The van der Waals surface area contributed by atoms with Gasteiger partial charge >= 0.3 is 5.69 Å². The fraction of sp³-hybridized carbons (Fsp3) is 0.350. The highest BCUT2D eigenvalue weighted by molar-refractivity contribution is 5.78. The number of allylic oxidation sites excluding steroid dienone is 2. The summed E-state index contributed by atoms with van der Waals surface area (Å²) in [4.78, 5) is 32.5. The highest BCUT2D eigenvalue weighted by Gasteiger charge is 2.29. The summed E-state index contributed by atoms with van der Waals surface area (Å²) in [6.45, 7) is 7.67. The first kappa shape index (κ1) is 17.3. The highest BCUT2D eigenvalue weighted by atomic mass is 16.2. The second-order valence-corrected chi connectivity index (χ2v) is 7.00. The molecule has 7 nitrogen and oxygen atoms in total. The molecule has 0 saturated carbocycles. The molecule has 1 aliphatic rings. The van der Waals surface area contributed by atoms with E-state index < -0.39 is 0 Å². The van der Waals surface area contributed by atoms with Crippen molar-refractivity contribution >= 4 is 22.8 Å². The molecule has 140 valence electrons. The number of nitrogens with zero attached hydrogens (tertiary/aromatic N) is 5. The Labute approximate surface area is 156 Å². The van der Waals surface area contributed by atoms with Crippen LogP contribution < -0.4 is 16.1 Å². The van der Waals surface area contributed by atoms with Crippen molar-refractivity contribution in [2.75, 3.05) is 11.4 Å². The van der Waals surface area contributed by atoms with Crippen molar-refractivity contribution in [1.82, 2.24) is 18.7 Å². The lowest BCUT2D eigenvalue weighted by Crippen LogP contribution is -2.39. The number of hydrogen-bond acceptors (Lipinski definition) is 4. The summed E-state index contributed by atoms with van der Waals surface area (Å²) in [6.07, 6.45) is 3.64. The first-order valence-corrected chi connectivity index (χ1v) is 9.10. The van der Waals surface area contributed by atoms with Crippen molar-refractivity contribution in [3.63, 3.8) is 0 Å². The van der Waals surface area contributed by atoms with Gasteiger partial charge in [-0.1, -0.05) is 24.3 Å². The summed E-state index contributed by atoms with van der Waals surface area (Å²) in [5, 5.41) is 0. The van der Waals surface area contributed by atoms with E-state index in [1.807, 2.05) is 17.6 Å². The molecule has 0 amide bonds. The monoisotopic (exact) mass is 365 g/mol. The summed E-state index contributed by atoms with van der Waals surface area (Å²) in [7, 11) is 1.67. The Bertz CT molecular complexity index is 1200. The summed E-state index contributed by atoms with van der Waals surface area (Å²) in [5.74, 6) is 0.717. The van der Waals surface area contributed by atoms with Crippen LogP contribution in [0.15, 0.2) is 39.9 Å².